The molecule has 1 N–H and O–H groups in total. The lowest BCUT2D eigenvalue weighted by atomic mass is 9.89. The van der Waals surface area contributed by atoms with Crippen LogP contribution in [0.4, 0.5) is 5.69 Å². The van der Waals surface area contributed by atoms with Gasteiger partial charge in [-0.3, -0.25) is 4.79 Å². The van der Waals surface area contributed by atoms with Crippen LogP contribution in [-0.2, 0) is 19.9 Å². The highest BCUT2D eigenvalue weighted by Gasteiger charge is 2.50. The molecule has 1 atom stereocenters. The second kappa shape index (κ2) is 3.20. The number of hydrogen-bond acceptors (Lipinski definition) is 3. The predicted molar refractivity (Wildman–Crippen MR) is 61.3 cm³/mol. The number of anilines is 1. The van der Waals surface area contributed by atoms with Crippen LogP contribution in [0.3, 0.4) is 0 Å². The first-order valence-electron chi connectivity index (χ1n) is 5.44. The van der Waals surface area contributed by atoms with Gasteiger partial charge >= 0.3 is 5.97 Å². The molecule has 1 aromatic carbocycles. The van der Waals surface area contributed by atoms with Crippen molar-refractivity contribution >= 4 is 17.6 Å². The van der Waals surface area contributed by atoms with Gasteiger partial charge in [-0.05, 0) is 19.1 Å². The van der Waals surface area contributed by atoms with E-state index in [2.05, 4.69) is 5.32 Å². The largest absolute Gasteiger partial charge is 0.440 e. The molecule has 0 saturated carbocycles. The first-order chi connectivity index (χ1) is 8.12. The van der Waals surface area contributed by atoms with Gasteiger partial charge in [0, 0.05) is 23.7 Å². The number of aryl methyl sites for hydroxylation is 1. The highest BCUT2D eigenvalue weighted by molar-refractivity contribution is 6.07. The third kappa shape index (κ3) is 1.30. The van der Waals surface area contributed by atoms with Crippen molar-refractivity contribution in [2.45, 2.75) is 18.9 Å². The first-order valence-corrected chi connectivity index (χ1v) is 5.44. The van der Waals surface area contributed by atoms with Crippen molar-refractivity contribution < 1.29 is 14.3 Å². The van der Waals surface area contributed by atoms with Gasteiger partial charge in [0.05, 0.1) is 0 Å². The van der Waals surface area contributed by atoms with Crippen molar-refractivity contribution in [1.29, 1.82) is 0 Å². The molecule has 4 heteroatoms. The lowest BCUT2D eigenvalue weighted by Gasteiger charge is -2.28. The van der Waals surface area contributed by atoms with Crippen LogP contribution in [-0.4, -0.2) is 11.9 Å². The Morgan fingerprint density at radius 1 is 1.35 bits per heavy atom. The molecule has 1 spiro atoms. The lowest BCUT2D eigenvalue weighted by molar-refractivity contribution is -0.163. The number of carbonyl (C=O) groups excluding carboxylic acids is 2. The minimum Gasteiger partial charge on any atom is -0.440 e. The molecule has 3 rings (SSSR count). The minimum atomic E-state index is -1.16. The maximum absolute atomic E-state index is 12.0. The number of carbonyl (C=O) groups is 2. The normalized spacial score (nSPS) is 25.7. The molecule has 86 valence electrons. The van der Waals surface area contributed by atoms with E-state index in [0.29, 0.717) is 6.42 Å². The van der Waals surface area contributed by atoms with E-state index < -0.39 is 11.6 Å². The number of hydrogen-bond donors (Lipinski definition) is 1. The maximum atomic E-state index is 12.0. The Hall–Kier alpha value is -2.10. The van der Waals surface area contributed by atoms with Gasteiger partial charge in [0.2, 0.25) is 5.60 Å². The monoisotopic (exact) mass is 229 g/mol. The van der Waals surface area contributed by atoms with E-state index in [1.165, 1.54) is 6.08 Å². The van der Waals surface area contributed by atoms with E-state index in [1.54, 1.807) is 6.08 Å². The summed E-state index contributed by atoms with van der Waals surface area (Å²) in [6, 6.07) is 5.64. The van der Waals surface area contributed by atoms with E-state index in [4.69, 9.17) is 4.74 Å². The molecule has 1 amide bonds. The van der Waals surface area contributed by atoms with E-state index in [0.717, 1.165) is 16.8 Å². The van der Waals surface area contributed by atoms with Crippen molar-refractivity contribution in [3.05, 3.63) is 41.5 Å². The summed E-state index contributed by atoms with van der Waals surface area (Å²) in [5.41, 5.74) is 1.35. The van der Waals surface area contributed by atoms with Crippen molar-refractivity contribution in [3.63, 3.8) is 0 Å². The number of rotatable bonds is 0. The Kier molecular flexibility index (Phi) is 1.90. The minimum absolute atomic E-state index is 0.268. The van der Waals surface area contributed by atoms with Crippen LogP contribution < -0.4 is 5.32 Å². The van der Waals surface area contributed by atoms with Crippen molar-refractivity contribution in [2.75, 3.05) is 5.32 Å². The zero-order valence-corrected chi connectivity index (χ0v) is 9.32. The van der Waals surface area contributed by atoms with Crippen LogP contribution >= 0.6 is 0 Å². The SMILES string of the molecule is Cc1ccc2c(c1)[C@]1(CC=CC(=O)O1)C(=O)N2. The highest BCUT2D eigenvalue weighted by Crippen LogP contribution is 2.43. The Morgan fingerprint density at radius 3 is 2.94 bits per heavy atom. The number of fused-ring (bicyclic) bond motifs is 2. The quantitative estimate of drug-likeness (QED) is 0.688. The number of amides is 1. The molecule has 2 heterocycles. The average molecular weight is 229 g/mol. The molecule has 1 aromatic rings. The zero-order chi connectivity index (χ0) is 12.0. The molecule has 0 radical (unpaired) electrons. The summed E-state index contributed by atoms with van der Waals surface area (Å²) in [6.07, 6.45) is 3.43. The fourth-order valence-electron chi connectivity index (χ4n) is 2.32. The molecule has 0 saturated heterocycles. The molecular formula is C13H11NO3. The predicted octanol–water partition coefficient (Wildman–Crippen LogP) is 1.65. The standard InChI is InChI=1S/C13H11NO3/c1-8-4-5-10-9(7-8)13(12(16)14-10)6-2-3-11(15)17-13/h2-5,7H,6H2,1H3,(H,14,16)/t13-/m1/s1. The molecular weight excluding hydrogens is 218 g/mol. The van der Waals surface area contributed by atoms with Gasteiger partial charge < -0.3 is 10.1 Å². The summed E-state index contributed by atoms with van der Waals surface area (Å²) in [5, 5.41) is 2.76. The van der Waals surface area contributed by atoms with Crippen LogP contribution in [0.25, 0.3) is 0 Å². The van der Waals surface area contributed by atoms with Crippen LogP contribution in [0, 0.1) is 6.92 Å². The van der Waals surface area contributed by atoms with Gasteiger partial charge in [0.15, 0.2) is 0 Å². The summed E-state index contributed by atoms with van der Waals surface area (Å²) in [4.78, 5) is 23.4. The Labute approximate surface area is 98.3 Å². The number of benzene rings is 1. The zero-order valence-electron chi connectivity index (χ0n) is 9.32. The van der Waals surface area contributed by atoms with Crippen LogP contribution in [0.15, 0.2) is 30.4 Å². The molecule has 2 aliphatic rings. The van der Waals surface area contributed by atoms with Gasteiger partial charge in [-0.25, -0.2) is 4.79 Å². The fourth-order valence-corrected chi connectivity index (χ4v) is 2.32. The van der Waals surface area contributed by atoms with Crippen molar-refractivity contribution in [1.82, 2.24) is 0 Å². The van der Waals surface area contributed by atoms with E-state index in [-0.39, 0.29) is 5.91 Å². The van der Waals surface area contributed by atoms with Gasteiger partial charge in [-0.15, -0.1) is 0 Å². The third-order valence-corrected chi connectivity index (χ3v) is 3.16. The Morgan fingerprint density at radius 2 is 2.18 bits per heavy atom. The van der Waals surface area contributed by atoms with Crippen LogP contribution in [0.5, 0.6) is 0 Å². The highest BCUT2D eigenvalue weighted by atomic mass is 16.6. The van der Waals surface area contributed by atoms with Gasteiger partial charge in [-0.2, -0.15) is 0 Å². The van der Waals surface area contributed by atoms with E-state index in [1.807, 2.05) is 25.1 Å². The van der Waals surface area contributed by atoms with E-state index >= 15 is 0 Å². The van der Waals surface area contributed by atoms with Crippen LogP contribution in [0.1, 0.15) is 17.5 Å². The smallest absolute Gasteiger partial charge is 0.331 e. The number of nitrogens with one attached hydrogen (secondary N) is 1. The summed E-state index contributed by atoms with van der Waals surface area (Å²) < 4.78 is 5.29. The Balaban J connectivity index is 2.19. The van der Waals surface area contributed by atoms with Gasteiger partial charge in [0.1, 0.15) is 0 Å². The molecule has 0 unspecified atom stereocenters. The fraction of sp³-hybridized carbons (Fsp3) is 0.231. The molecule has 0 aliphatic carbocycles. The Bertz CT molecular complexity index is 562. The maximum Gasteiger partial charge on any atom is 0.331 e. The molecule has 2 aliphatic heterocycles. The summed E-state index contributed by atoms with van der Waals surface area (Å²) >= 11 is 0. The number of ether oxygens (including phenoxy) is 1. The average Bonchev–Trinajstić information content (AvgIpc) is 2.53. The lowest BCUT2D eigenvalue weighted by Crippen LogP contribution is -2.40. The molecule has 4 nitrogen and oxygen atoms in total. The topological polar surface area (TPSA) is 55.4 Å². The van der Waals surface area contributed by atoms with Crippen LogP contribution in [0.2, 0.25) is 0 Å². The van der Waals surface area contributed by atoms with Gasteiger partial charge in [0.25, 0.3) is 5.91 Å². The van der Waals surface area contributed by atoms with E-state index in [9.17, 15) is 9.59 Å². The summed E-state index contributed by atoms with van der Waals surface area (Å²) in [7, 11) is 0. The van der Waals surface area contributed by atoms with Gasteiger partial charge in [-0.1, -0.05) is 17.7 Å². The molecule has 0 fully saturated rings. The second-order valence-electron chi connectivity index (χ2n) is 4.36. The number of esters is 1. The van der Waals surface area contributed by atoms with Crippen molar-refractivity contribution in [2.24, 2.45) is 0 Å². The third-order valence-electron chi connectivity index (χ3n) is 3.16. The molecule has 0 bridgehead atoms. The second-order valence-corrected chi connectivity index (χ2v) is 4.36. The molecule has 17 heavy (non-hydrogen) atoms. The summed E-state index contributed by atoms with van der Waals surface area (Å²) in [6.45, 7) is 1.94. The first kappa shape index (κ1) is 10.1. The van der Waals surface area contributed by atoms with Crippen molar-refractivity contribution in [3.8, 4) is 0 Å². The summed E-state index contributed by atoms with van der Waals surface area (Å²) in [5.74, 6) is -0.739. The molecule has 0 aromatic heterocycles.